The van der Waals surface area contributed by atoms with E-state index < -0.39 is 6.10 Å². The molecule has 0 bridgehead atoms. The highest BCUT2D eigenvalue weighted by Crippen LogP contribution is 2.33. The van der Waals surface area contributed by atoms with Gasteiger partial charge in [0.15, 0.2) is 0 Å². The maximum absolute atomic E-state index is 13.7. The predicted octanol–water partition coefficient (Wildman–Crippen LogP) is 5.10. The van der Waals surface area contributed by atoms with Crippen LogP contribution in [0.3, 0.4) is 0 Å². The van der Waals surface area contributed by atoms with Crippen LogP contribution in [0, 0.1) is 12.8 Å². The average molecular weight is 468 g/mol. The maximum atomic E-state index is 13.7. The number of aliphatic hydroxyl groups excluding tert-OH is 1. The molecule has 3 aliphatic rings. The first-order valence-electron chi connectivity index (χ1n) is 12.9. The molecule has 1 aromatic heterocycles. The Kier molecular flexibility index (Phi) is 8.32. The van der Waals surface area contributed by atoms with Crippen LogP contribution in [0.2, 0.25) is 0 Å². The molecular formula is C28H38FN3O2. The number of likely N-dealkylation sites (tertiary alicyclic amines) is 1. The van der Waals surface area contributed by atoms with Gasteiger partial charge in [0.05, 0.1) is 0 Å². The van der Waals surface area contributed by atoms with E-state index in [1.54, 1.807) is 10.6 Å². The molecule has 1 aliphatic carbocycles. The Balaban J connectivity index is 1.39. The number of hydrogen-bond donors (Lipinski definition) is 1. The Labute approximate surface area is 202 Å². The van der Waals surface area contributed by atoms with Crippen LogP contribution >= 0.6 is 0 Å². The normalized spacial score (nSPS) is 22.2. The maximum Gasteiger partial charge on any atom is 0.257 e. The van der Waals surface area contributed by atoms with Gasteiger partial charge in [-0.25, -0.2) is 9.37 Å². The number of unbranched alkanes of at least 4 members (excludes halogenated alkanes) is 1. The second-order valence-corrected chi connectivity index (χ2v) is 9.81. The van der Waals surface area contributed by atoms with Crippen molar-refractivity contribution in [1.29, 1.82) is 0 Å². The van der Waals surface area contributed by atoms with Crippen molar-refractivity contribution >= 4 is 0 Å². The molecule has 184 valence electrons. The Morgan fingerprint density at radius 2 is 2.06 bits per heavy atom. The van der Waals surface area contributed by atoms with Crippen LogP contribution in [0.5, 0.6) is 0 Å². The first-order valence-corrected chi connectivity index (χ1v) is 12.9. The van der Waals surface area contributed by atoms with E-state index in [9.17, 15) is 14.3 Å². The molecule has 0 spiro atoms. The van der Waals surface area contributed by atoms with Gasteiger partial charge in [-0.05, 0) is 94.2 Å². The zero-order valence-electron chi connectivity index (χ0n) is 20.6. The first-order chi connectivity index (χ1) is 16.5. The zero-order chi connectivity index (χ0) is 24.1. The van der Waals surface area contributed by atoms with Gasteiger partial charge in [-0.2, -0.15) is 0 Å². The SMILES string of the molecule is CCC/C=C(/C1=CC=CC(F)=CC1)C1CCN(CCc2c(C)nc3n(c2=O)CCCC3O)CC1. The molecule has 3 heterocycles. The standard InChI is InChI=1S/C28H38FN3O2/c1-3-4-9-25(21-7-5-8-23(29)12-11-21)22-13-17-31(18-14-22)19-15-24-20(2)30-27-26(33)10-6-16-32(27)28(24)34/h5,7-9,12,22,26,33H,3-4,6,10-11,13-19H2,1-2H3/b25-9-. The Morgan fingerprint density at radius 1 is 1.26 bits per heavy atom. The van der Waals surface area contributed by atoms with Crippen LogP contribution in [0.15, 0.2) is 52.1 Å². The van der Waals surface area contributed by atoms with Gasteiger partial charge >= 0.3 is 0 Å². The van der Waals surface area contributed by atoms with E-state index in [-0.39, 0.29) is 11.4 Å². The van der Waals surface area contributed by atoms with Crippen LogP contribution in [0.25, 0.3) is 0 Å². The molecule has 5 nitrogen and oxygen atoms in total. The predicted molar refractivity (Wildman–Crippen MR) is 134 cm³/mol. The van der Waals surface area contributed by atoms with Crippen LogP contribution in [-0.4, -0.2) is 39.2 Å². The lowest BCUT2D eigenvalue weighted by Crippen LogP contribution is -2.38. The minimum Gasteiger partial charge on any atom is -0.385 e. The summed E-state index contributed by atoms with van der Waals surface area (Å²) in [5, 5.41) is 10.2. The lowest BCUT2D eigenvalue weighted by Gasteiger charge is -2.34. The van der Waals surface area contributed by atoms with Crippen LogP contribution in [-0.2, 0) is 13.0 Å². The highest BCUT2D eigenvalue weighted by atomic mass is 19.1. The third-order valence-electron chi connectivity index (χ3n) is 7.46. The molecule has 6 heteroatoms. The van der Waals surface area contributed by atoms with Gasteiger partial charge in [-0.1, -0.05) is 31.6 Å². The van der Waals surface area contributed by atoms with Gasteiger partial charge in [0.1, 0.15) is 17.8 Å². The second-order valence-electron chi connectivity index (χ2n) is 9.81. The van der Waals surface area contributed by atoms with Crippen molar-refractivity contribution in [3.8, 4) is 0 Å². The molecule has 1 N–H and O–H groups in total. The quantitative estimate of drug-likeness (QED) is 0.606. The molecule has 1 unspecified atom stereocenters. The number of fused-ring (bicyclic) bond motifs is 1. The molecule has 0 saturated carbocycles. The van der Waals surface area contributed by atoms with E-state index >= 15 is 0 Å². The number of nitrogens with zero attached hydrogens (tertiary/aromatic N) is 3. The van der Waals surface area contributed by atoms with Crippen molar-refractivity contribution in [3.63, 3.8) is 0 Å². The number of hydrogen-bond acceptors (Lipinski definition) is 4. The summed E-state index contributed by atoms with van der Waals surface area (Å²) >= 11 is 0. The molecule has 2 aliphatic heterocycles. The minimum absolute atomic E-state index is 0.0227. The number of aliphatic hydroxyl groups is 1. The van der Waals surface area contributed by atoms with E-state index in [4.69, 9.17) is 0 Å². The van der Waals surface area contributed by atoms with Gasteiger partial charge in [0.2, 0.25) is 0 Å². The van der Waals surface area contributed by atoms with E-state index in [0.717, 1.165) is 63.0 Å². The fourth-order valence-electron chi connectivity index (χ4n) is 5.46. The number of aromatic nitrogens is 2. The van der Waals surface area contributed by atoms with Crippen LogP contribution < -0.4 is 5.56 Å². The van der Waals surface area contributed by atoms with Crippen molar-refractivity contribution in [2.45, 2.75) is 77.9 Å². The summed E-state index contributed by atoms with van der Waals surface area (Å²) in [5.74, 6) is 0.867. The molecule has 0 radical (unpaired) electrons. The van der Waals surface area contributed by atoms with Crippen molar-refractivity contribution in [3.05, 3.63) is 74.8 Å². The summed E-state index contributed by atoms with van der Waals surface area (Å²) in [6, 6.07) is 0. The van der Waals surface area contributed by atoms with Gasteiger partial charge in [0, 0.05) is 24.3 Å². The monoisotopic (exact) mass is 467 g/mol. The molecule has 0 amide bonds. The Bertz CT molecular complexity index is 1060. The van der Waals surface area contributed by atoms with E-state index in [1.807, 2.05) is 13.0 Å². The minimum atomic E-state index is -0.630. The van der Waals surface area contributed by atoms with Crippen LogP contribution in [0.4, 0.5) is 4.39 Å². The van der Waals surface area contributed by atoms with E-state index in [2.05, 4.69) is 29.0 Å². The van der Waals surface area contributed by atoms with E-state index in [0.29, 0.717) is 37.5 Å². The second kappa shape index (κ2) is 11.4. The van der Waals surface area contributed by atoms with Gasteiger partial charge in [-0.3, -0.25) is 9.36 Å². The van der Waals surface area contributed by atoms with Crippen LogP contribution in [0.1, 0.15) is 75.1 Å². The topological polar surface area (TPSA) is 58.4 Å². The number of rotatable bonds is 7. The van der Waals surface area contributed by atoms with Crippen molar-refractivity contribution < 1.29 is 9.50 Å². The number of aryl methyl sites for hydroxylation is 1. The number of piperidine rings is 1. The fraction of sp³-hybridized carbons (Fsp3) is 0.571. The summed E-state index contributed by atoms with van der Waals surface area (Å²) < 4.78 is 15.4. The van der Waals surface area contributed by atoms with Crippen molar-refractivity contribution in [2.75, 3.05) is 19.6 Å². The summed E-state index contributed by atoms with van der Waals surface area (Å²) in [6.45, 7) is 7.58. The van der Waals surface area contributed by atoms with Gasteiger partial charge in [0.25, 0.3) is 5.56 Å². The molecule has 1 aromatic rings. The molecule has 1 fully saturated rings. The van der Waals surface area contributed by atoms with Gasteiger partial charge < -0.3 is 10.0 Å². The Morgan fingerprint density at radius 3 is 2.82 bits per heavy atom. The fourth-order valence-corrected chi connectivity index (χ4v) is 5.46. The van der Waals surface area contributed by atoms with Crippen molar-refractivity contribution in [2.24, 2.45) is 5.92 Å². The summed E-state index contributed by atoms with van der Waals surface area (Å²) in [4.78, 5) is 20.1. The lowest BCUT2D eigenvalue weighted by molar-refractivity contribution is 0.129. The molecule has 1 saturated heterocycles. The van der Waals surface area contributed by atoms with Gasteiger partial charge in [-0.15, -0.1) is 0 Å². The molecule has 0 aromatic carbocycles. The van der Waals surface area contributed by atoms with E-state index in [1.165, 1.54) is 17.2 Å². The number of halogens is 1. The smallest absolute Gasteiger partial charge is 0.257 e. The summed E-state index contributed by atoms with van der Waals surface area (Å²) in [5.41, 5.74) is 4.19. The average Bonchev–Trinajstić information content (AvgIpc) is 3.05. The molecular weight excluding hydrogens is 429 g/mol. The largest absolute Gasteiger partial charge is 0.385 e. The zero-order valence-corrected chi connectivity index (χ0v) is 20.6. The summed E-state index contributed by atoms with van der Waals surface area (Å²) in [7, 11) is 0. The first kappa shape index (κ1) is 24.8. The molecule has 34 heavy (non-hydrogen) atoms. The summed E-state index contributed by atoms with van der Waals surface area (Å²) in [6.07, 6.45) is 16.0. The highest BCUT2D eigenvalue weighted by Gasteiger charge is 2.26. The third kappa shape index (κ3) is 5.66. The highest BCUT2D eigenvalue weighted by molar-refractivity contribution is 5.40. The van der Waals surface area contributed by atoms with Crippen molar-refractivity contribution in [1.82, 2.24) is 14.5 Å². The Hall–Kier alpha value is -2.31. The molecule has 1 atom stereocenters. The third-order valence-corrected chi connectivity index (χ3v) is 7.46. The number of allylic oxidation sites excluding steroid dienone is 8. The lowest BCUT2D eigenvalue weighted by atomic mass is 9.83. The molecule has 4 rings (SSSR count).